The minimum absolute atomic E-state index is 0.146. The monoisotopic (exact) mass is 535 g/mol. The summed E-state index contributed by atoms with van der Waals surface area (Å²) in [6.45, 7) is 5.85. The van der Waals surface area contributed by atoms with Crippen LogP contribution in [0.1, 0.15) is 40.3 Å². The van der Waals surface area contributed by atoms with Crippen molar-refractivity contribution in [2.24, 2.45) is 7.05 Å². The highest BCUT2D eigenvalue weighted by Crippen LogP contribution is 2.27. The molecule has 0 fully saturated rings. The van der Waals surface area contributed by atoms with Crippen LogP contribution in [0.5, 0.6) is 0 Å². The molecule has 10 heteroatoms. The maximum absolute atomic E-state index is 12.4. The Kier molecular flexibility index (Phi) is 7.97. The average Bonchev–Trinajstić information content (AvgIpc) is 3.11. The first kappa shape index (κ1) is 24.3. The van der Waals surface area contributed by atoms with Crippen molar-refractivity contribution in [2.75, 3.05) is 11.1 Å². The van der Waals surface area contributed by atoms with Crippen molar-refractivity contribution in [1.82, 2.24) is 20.1 Å². The number of thioether (sulfide) groups is 1. The van der Waals surface area contributed by atoms with Crippen LogP contribution in [0.25, 0.3) is 0 Å². The van der Waals surface area contributed by atoms with E-state index in [2.05, 4.69) is 36.8 Å². The Bertz CT molecular complexity index is 1150. The van der Waals surface area contributed by atoms with Gasteiger partial charge in [-0.2, -0.15) is 0 Å². The predicted octanol–water partition coefficient (Wildman–Crippen LogP) is 5.07. The summed E-state index contributed by atoms with van der Waals surface area (Å²) in [5.74, 6) is 0.390. The summed E-state index contributed by atoms with van der Waals surface area (Å²) in [5.41, 5.74) is 3.49. The number of hydrogen-bond acceptors (Lipinski definition) is 5. The van der Waals surface area contributed by atoms with E-state index < -0.39 is 0 Å². The van der Waals surface area contributed by atoms with Gasteiger partial charge in [-0.1, -0.05) is 23.4 Å². The van der Waals surface area contributed by atoms with E-state index in [0.717, 1.165) is 21.3 Å². The van der Waals surface area contributed by atoms with Gasteiger partial charge in [-0.15, -0.1) is 10.2 Å². The highest BCUT2D eigenvalue weighted by Gasteiger charge is 2.19. The third-order valence-corrected chi connectivity index (χ3v) is 6.83. The second kappa shape index (κ2) is 10.5. The molecular formula is C22H23BrClN5O2S. The van der Waals surface area contributed by atoms with E-state index in [1.54, 1.807) is 35.9 Å². The van der Waals surface area contributed by atoms with Gasteiger partial charge in [0.05, 0.1) is 17.5 Å². The van der Waals surface area contributed by atoms with Crippen molar-refractivity contribution in [1.29, 1.82) is 0 Å². The Labute approximate surface area is 204 Å². The van der Waals surface area contributed by atoms with E-state index in [9.17, 15) is 9.59 Å². The molecule has 0 aliphatic carbocycles. The molecule has 2 aromatic carbocycles. The van der Waals surface area contributed by atoms with Gasteiger partial charge in [0.2, 0.25) is 5.91 Å². The lowest BCUT2D eigenvalue weighted by atomic mass is 10.1. The van der Waals surface area contributed by atoms with Gasteiger partial charge in [0.15, 0.2) is 11.0 Å². The maximum atomic E-state index is 12.4. The van der Waals surface area contributed by atoms with Gasteiger partial charge in [-0.05, 0) is 84.2 Å². The summed E-state index contributed by atoms with van der Waals surface area (Å²) < 4.78 is 2.61. The molecular weight excluding hydrogens is 514 g/mol. The molecule has 2 amide bonds. The van der Waals surface area contributed by atoms with E-state index >= 15 is 0 Å². The van der Waals surface area contributed by atoms with Crippen molar-refractivity contribution in [2.45, 2.75) is 32.0 Å². The van der Waals surface area contributed by atoms with Gasteiger partial charge in [0.25, 0.3) is 5.91 Å². The second-order valence-electron chi connectivity index (χ2n) is 7.35. The third kappa shape index (κ3) is 5.90. The molecule has 7 nitrogen and oxygen atoms in total. The van der Waals surface area contributed by atoms with E-state index in [1.807, 2.05) is 32.9 Å². The zero-order valence-corrected chi connectivity index (χ0v) is 21.2. The first-order valence-corrected chi connectivity index (χ1v) is 12.0. The zero-order valence-electron chi connectivity index (χ0n) is 18.1. The zero-order chi connectivity index (χ0) is 23.4. The summed E-state index contributed by atoms with van der Waals surface area (Å²) in [5, 5.41) is 15.3. The smallest absolute Gasteiger partial charge is 0.251 e. The van der Waals surface area contributed by atoms with Crippen molar-refractivity contribution in [3.05, 3.63) is 68.4 Å². The number of halogens is 2. The minimum atomic E-state index is -0.370. The highest BCUT2D eigenvalue weighted by molar-refractivity contribution is 9.10. The summed E-state index contributed by atoms with van der Waals surface area (Å²) in [7, 11) is 1.81. The molecule has 168 valence electrons. The van der Waals surface area contributed by atoms with Crippen LogP contribution in [0.4, 0.5) is 5.69 Å². The standard InChI is InChI=1S/C22H23BrClN5O2S/c1-12-9-17(23)18(10-13(12)2)26-19(30)11-32-22-28-27-20(29(22)4)14(3)25-21(31)15-5-7-16(24)8-6-15/h5-10,14H,11H2,1-4H3,(H,25,31)(H,26,30)/t14-/m0/s1. The Morgan fingerprint density at radius 2 is 1.81 bits per heavy atom. The molecule has 0 unspecified atom stereocenters. The summed E-state index contributed by atoms with van der Waals surface area (Å²) in [6.07, 6.45) is 0. The van der Waals surface area contributed by atoms with Gasteiger partial charge < -0.3 is 15.2 Å². The van der Waals surface area contributed by atoms with Crippen LogP contribution >= 0.6 is 39.3 Å². The summed E-state index contributed by atoms with van der Waals surface area (Å²) in [6, 6.07) is 10.2. The van der Waals surface area contributed by atoms with Crippen LogP contribution in [0.2, 0.25) is 5.02 Å². The number of anilines is 1. The molecule has 0 aliphatic heterocycles. The van der Waals surface area contributed by atoms with Crippen LogP contribution in [-0.4, -0.2) is 32.3 Å². The first-order valence-electron chi connectivity index (χ1n) is 9.80. The van der Waals surface area contributed by atoms with Gasteiger partial charge in [0, 0.05) is 22.1 Å². The maximum Gasteiger partial charge on any atom is 0.251 e. The Balaban J connectivity index is 1.59. The lowest BCUT2D eigenvalue weighted by Gasteiger charge is -2.14. The van der Waals surface area contributed by atoms with Crippen molar-refractivity contribution in [3.8, 4) is 0 Å². The van der Waals surface area contributed by atoms with Crippen LogP contribution in [0, 0.1) is 13.8 Å². The molecule has 0 aliphatic rings. The summed E-state index contributed by atoms with van der Waals surface area (Å²) in [4.78, 5) is 24.9. The lowest BCUT2D eigenvalue weighted by Crippen LogP contribution is -2.28. The van der Waals surface area contributed by atoms with E-state index in [-0.39, 0.29) is 23.6 Å². The number of amides is 2. The Hall–Kier alpha value is -2.36. The average molecular weight is 537 g/mol. The third-order valence-electron chi connectivity index (χ3n) is 4.90. The largest absolute Gasteiger partial charge is 0.342 e. The molecule has 0 saturated carbocycles. The Morgan fingerprint density at radius 3 is 2.50 bits per heavy atom. The van der Waals surface area contributed by atoms with E-state index in [0.29, 0.717) is 21.6 Å². The van der Waals surface area contributed by atoms with Crippen LogP contribution in [0.3, 0.4) is 0 Å². The van der Waals surface area contributed by atoms with Crippen LogP contribution in [-0.2, 0) is 11.8 Å². The number of aryl methyl sites for hydroxylation is 2. The van der Waals surface area contributed by atoms with Gasteiger partial charge in [0.1, 0.15) is 0 Å². The van der Waals surface area contributed by atoms with Crippen molar-refractivity contribution in [3.63, 3.8) is 0 Å². The van der Waals surface area contributed by atoms with Gasteiger partial charge >= 0.3 is 0 Å². The van der Waals surface area contributed by atoms with Crippen molar-refractivity contribution >= 4 is 56.8 Å². The minimum Gasteiger partial charge on any atom is -0.342 e. The number of carbonyl (C=O) groups is 2. The molecule has 3 rings (SSSR count). The number of benzene rings is 2. The number of rotatable bonds is 7. The molecule has 0 bridgehead atoms. The molecule has 1 aromatic heterocycles. The topological polar surface area (TPSA) is 88.9 Å². The molecule has 0 radical (unpaired) electrons. The molecule has 1 heterocycles. The molecule has 3 aromatic rings. The molecule has 2 N–H and O–H groups in total. The van der Waals surface area contributed by atoms with E-state index in [1.165, 1.54) is 11.8 Å². The quantitative estimate of drug-likeness (QED) is 0.412. The molecule has 0 saturated heterocycles. The van der Waals surface area contributed by atoms with Crippen molar-refractivity contribution < 1.29 is 9.59 Å². The number of nitrogens with zero attached hydrogens (tertiary/aromatic N) is 3. The predicted molar refractivity (Wildman–Crippen MR) is 131 cm³/mol. The fourth-order valence-electron chi connectivity index (χ4n) is 2.97. The van der Waals surface area contributed by atoms with Crippen LogP contribution < -0.4 is 10.6 Å². The first-order chi connectivity index (χ1) is 15.2. The number of carbonyl (C=O) groups excluding carboxylic acids is 2. The number of hydrogen-bond donors (Lipinski definition) is 2. The number of nitrogens with one attached hydrogen (secondary N) is 2. The Morgan fingerprint density at radius 1 is 1.16 bits per heavy atom. The molecule has 0 spiro atoms. The lowest BCUT2D eigenvalue weighted by molar-refractivity contribution is -0.113. The SMILES string of the molecule is Cc1cc(Br)c(NC(=O)CSc2nnc([C@H](C)NC(=O)c3ccc(Cl)cc3)n2C)cc1C. The highest BCUT2D eigenvalue weighted by atomic mass is 79.9. The summed E-state index contributed by atoms with van der Waals surface area (Å²) >= 11 is 10.6. The number of aromatic nitrogens is 3. The fourth-order valence-corrected chi connectivity index (χ4v) is 4.37. The second-order valence-corrected chi connectivity index (χ2v) is 9.59. The van der Waals surface area contributed by atoms with Crippen LogP contribution in [0.15, 0.2) is 46.0 Å². The fraction of sp³-hybridized carbons (Fsp3) is 0.273. The van der Waals surface area contributed by atoms with Gasteiger partial charge in [-0.25, -0.2) is 0 Å². The molecule has 1 atom stereocenters. The normalized spacial score (nSPS) is 11.8. The molecule has 32 heavy (non-hydrogen) atoms. The van der Waals surface area contributed by atoms with E-state index in [4.69, 9.17) is 11.6 Å². The van der Waals surface area contributed by atoms with Gasteiger partial charge in [-0.3, -0.25) is 9.59 Å².